The van der Waals surface area contributed by atoms with Crippen LogP contribution in [-0.4, -0.2) is 20.9 Å². The lowest BCUT2D eigenvalue weighted by atomic mass is 10.0. The highest BCUT2D eigenvalue weighted by Gasteiger charge is 2.19. The van der Waals surface area contributed by atoms with Crippen molar-refractivity contribution >= 4 is 23.0 Å². The Bertz CT molecular complexity index is 285. The molecule has 4 nitrogen and oxygen atoms in total. The Morgan fingerprint density at radius 3 is 2.69 bits per heavy atom. The van der Waals surface area contributed by atoms with Crippen molar-refractivity contribution in [2.24, 2.45) is 7.05 Å². The molecule has 0 amide bonds. The molecule has 0 aliphatic carbocycles. The van der Waals surface area contributed by atoms with Crippen LogP contribution in [-0.2, 0) is 11.8 Å². The van der Waals surface area contributed by atoms with E-state index in [2.05, 4.69) is 5.10 Å². The number of carboxylic acid groups (broad SMARTS) is 1. The van der Waals surface area contributed by atoms with Crippen molar-refractivity contribution in [1.82, 2.24) is 9.78 Å². The standard InChI is InChI=1S/C8H12N2O2.BrH/c1-3-6(8(11)12)7-4-5-9-10(7)2;/h4-6H,3H2,1-2H3,(H,11,12);1H. The van der Waals surface area contributed by atoms with Crippen LogP contribution in [0.25, 0.3) is 0 Å². The Labute approximate surface area is 87.3 Å². The van der Waals surface area contributed by atoms with E-state index in [1.165, 1.54) is 0 Å². The highest BCUT2D eigenvalue weighted by Crippen LogP contribution is 2.17. The molecule has 0 saturated carbocycles. The maximum absolute atomic E-state index is 10.7. The number of nitrogens with zero attached hydrogens (tertiary/aromatic N) is 2. The minimum absolute atomic E-state index is 0. The minimum atomic E-state index is -0.791. The molecular weight excluding hydrogens is 236 g/mol. The van der Waals surface area contributed by atoms with Gasteiger partial charge in [-0.15, -0.1) is 17.0 Å². The fraction of sp³-hybridized carbons (Fsp3) is 0.500. The van der Waals surface area contributed by atoms with Crippen LogP contribution in [0.4, 0.5) is 0 Å². The van der Waals surface area contributed by atoms with Gasteiger partial charge < -0.3 is 5.11 Å². The molecule has 1 aromatic heterocycles. The largest absolute Gasteiger partial charge is 0.481 e. The average Bonchev–Trinajstić information content (AvgIpc) is 2.38. The zero-order valence-corrected chi connectivity index (χ0v) is 9.31. The van der Waals surface area contributed by atoms with E-state index in [1.54, 1.807) is 24.0 Å². The lowest BCUT2D eigenvalue weighted by Crippen LogP contribution is -2.14. The maximum atomic E-state index is 10.7. The summed E-state index contributed by atoms with van der Waals surface area (Å²) in [4.78, 5) is 10.7. The molecule has 1 rings (SSSR count). The van der Waals surface area contributed by atoms with Crippen LogP contribution in [0.1, 0.15) is 25.0 Å². The van der Waals surface area contributed by atoms with Crippen LogP contribution in [0.3, 0.4) is 0 Å². The van der Waals surface area contributed by atoms with Gasteiger partial charge in [0, 0.05) is 13.2 Å². The van der Waals surface area contributed by atoms with Crippen LogP contribution in [0.5, 0.6) is 0 Å². The normalized spacial score (nSPS) is 11.8. The van der Waals surface area contributed by atoms with E-state index in [0.29, 0.717) is 6.42 Å². The molecule has 0 saturated heterocycles. The first-order chi connectivity index (χ1) is 5.66. The van der Waals surface area contributed by atoms with E-state index in [1.807, 2.05) is 6.92 Å². The van der Waals surface area contributed by atoms with Gasteiger partial charge in [0.05, 0.1) is 11.6 Å². The summed E-state index contributed by atoms with van der Waals surface area (Å²) < 4.78 is 1.60. The molecule has 1 N–H and O–H groups in total. The molecule has 0 aliphatic rings. The number of aliphatic carboxylic acids is 1. The second-order valence-electron chi connectivity index (χ2n) is 2.68. The van der Waals surface area contributed by atoms with Crippen molar-refractivity contribution in [2.75, 3.05) is 0 Å². The van der Waals surface area contributed by atoms with E-state index < -0.39 is 11.9 Å². The fourth-order valence-corrected chi connectivity index (χ4v) is 1.24. The number of hydrogen-bond donors (Lipinski definition) is 1. The van der Waals surface area contributed by atoms with Crippen molar-refractivity contribution < 1.29 is 9.90 Å². The SMILES string of the molecule is Br.CCC(C(=O)O)c1ccnn1C. The Morgan fingerprint density at radius 1 is 1.77 bits per heavy atom. The van der Waals surface area contributed by atoms with Gasteiger partial charge in [0.2, 0.25) is 0 Å². The first-order valence-corrected chi connectivity index (χ1v) is 3.87. The van der Waals surface area contributed by atoms with E-state index in [4.69, 9.17) is 5.11 Å². The number of carboxylic acids is 1. The lowest BCUT2D eigenvalue weighted by Gasteiger charge is -2.08. The van der Waals surface area contributed by atoms with E-state index in [0.717, 1.165) is 5.69 Å². The van der Waals surface area contributed by atoms with Crippen molar-refractivity contribution in [3.8, 4) is 0 Å². The zero-order chi connectivity index (χ0) is 9.14. The van der Waals surface area contributed by atoms with Crippen molar-refractivity contribution in [3.63, 3.8) is 0 Å². The number of rotatable bonds is 3. The van der Waals surface area contributed by atoms with Gasteiger partial charge in [0.25, 0.3) is 0 Å². The summed E-state index contributed by atoms with van der Waals surface area (Å²) in [5, 5.41) is 12.7. The molecule has 0 aromatic carbocycles. The third-order valence-electron chi connectivity index (χ3n) is 1.92. The Hall–Kier alpha value is -0.840. The minimum Gasteiger partial charge on any atom is -0.481 e. The lowest BCUT2D eigenvalue weighted by molar-refractivity contribution is -0.139. The van der Waals surface area contributed by atoms with E-state index in [9.17, 15) is 4.79 Å². The molecule has 0 aliphatic heterocycles. The summed E-state index contributed by atoms with van der Waals surface area (Å²) in [6, 6.07) is 1.74. The summed E-state index contributed by atoms with van der Waals surface area (Å²) in [5.74, 6) is -1.22. The average molecular weight is 249 g/mol. The van der Waals surface area contributed by atoms with Crippen molar-refractivity contribution in [1.29, 1.82) is 0 Å². The predicted molar refractivity (Wildman–Crippen MR) is 54.2 cm³/mol. The first-order valence-electron chi connectivity index (χ1n) is 3.87. The topological polar surface area (TPSA) is 55.1 Å². The second kappa shape index (κ2) is 5.01. The van der Waals surface area contributed by atoms with Crippen LogP contribution >= 0.6 is 17.0 Å². The second-order valence-corrected chi connectivity index (χ2v) is 2.68. The third kappa shape index (κ3) is 2.55. The summed E-state index contributed by atoms with van der Waals surface area (Å²) >= 11 is 0. The molecule has 0 bridgehead atoms. The highest BCUT2D eigenvalue weighted by atomic mass is 79.9. The molecule has 0 spiro atoms. The molecule has 13 heavy (non-hydrogen) atoms. The summed E-state index contributed by atoms with van der Waals surface area (Å²) in [6.07, 6.45) is 2.20. The molecule has 74 valence electrons. The van der Waals surface area contributed by atoms with E-state index in [-0.39, 0.29) is 17.0 Å². The van der Waals surface area contributed by atoms with Crippen LogP contribution in [0.2, 0.25) is 0 Å². The monoisotopic (exact) mass is 248 g/mol. The fourth-order valence-electron chi connectivity index (χ4n) is 1.24. The highest BCUT2D eigenvalue weighted by molar-refractivity contribution is 8.93. The summed E-state index contributed by atoms with van der Waals surface area (Å²) in [7, 11) is 1.75. The molecule has 1 heterocycles. The smallest absolute Gasteiger partial charge is 0.312 e. The van der Waals surface area contributed by atoms with Gasteiger partial charge in [-0.2, -0.15) is 5.10 Å². The van der Waals surface area contributed by atoms with Crippen LogP contribution in [0.15, 0.2) is 12.3 Å². The van der Waals surface area contributed by atoms with Crippen molar-refractivity contribution in [3.05, 3.63) is 18.0 Å². The van der Waals surface area contributed by atoms with Gasteiger partial charge in [0.1, 0.15) is 0 Å². The van der Waals surface area contributed by atoms with Crippen molar-refractivity contribution in [2.45, 2.75) is 19.3 Å². The number of carbonyl (C=O) groups is 1. The number of aromatic nitrogens is 2. The maximum Gasteiger partial charge on any atom is 0.312 e. The molecule has 0 radical (unpaired) electrons. The number of aryl methyl sites for hydroxylation is 1. The summed E-state index contributed by atoms with van der Waals surface area (Å²) in [6.45, 7) is 1.85. The van der Waals surface area contributed by atoms with Crippen LogP contribution < -0.4 is 0 Å². The molecule has 0 fully saturated rings. The predicted octanol–water partition coefficient (Wildman–Crippen LogP) is 1.58. The zero-order valence-electron chi connectivity index (χ0n) is 7.60. The molecule has 1 atom stereocenters. The molecule has 5 heteroatoms. The first kappa shape index (κ1) is 12.2. The number of halogens is 1. The van der Waals surface area contributed by atoms with Gasteiger partial charge in [-0.25, -0.2) is 0 Å². The Balaban J connectivity index is 0.00000144. The quantitative estimate of drug-likeness (QED) is 0.884. The number of hydrogen-bond acceptors (Lipinski definition) is 2. The molecule has 1 unspecified atom stereocenters. The van der Waals surface area contributed by atoms with Gasteiger partial charge in [0.15, 0.2) is 0 Å². The van der Waals surface area contributed by atoms with E-state index >= 15 is 0 Å². The molecular formula is C8H13BrN2O2. The third-order valence-corrected chi connectivity index (χ3v) is 1.92. The van der Waals surface area contributed by atoms with Gasteiger partial charge >= 0.3 is 5.97 Å². The molecule has 1 aromatic rings. The van der Waals surface area contributed by atoms with Gasteiger partial charge in [-0.1, -0.05) is 6.92 Å². The Morgan fingerprint density at radius 2 is 2.38 bits per heavy atom. The van der Waals surface area contributed by atoms with Crippen LogP contribution in [0, 0.1) is 0 Å². The Kier molecular flexibility index (Phi) is 4.69. The summed E-state index contributed by atoms with van der Waals surface area (Å²) in [5.41, 5.74) is 0.755. The van der Waals surface area contributed by atoms with Gasteiger partial charge in [-0.3, -0.25) is 9.48 Å². The van der Waals surface area contributed by atoms with Gasteiger partial charge in [-0.05, 0) is 12.5 Å².